The molecule has 0 bridgehead atoms. The number of carbonyl (C=O) groups excluding carboxylic acids is 1. The highest BCUT2D eigenvalue weighted by atomic mass is 127. The lowest BCUT2D eigenvalue weighted by Crippen LogP contribution is -2.47. The van der Waals surface area contributed by atoms with Gasteiger partial charge in [0.25, 0.3) is 0 Å². The van der Waals surface area contributed by atoms with Gasteiger partial charge in [-0.2, -0.15) is 0 Å². The first-order chi connectivity index (χ1) is 13.6. The summed E-state index contributed by atoms with van der Waals surface area (Å²) in [5.74, 6) is 1.12. The van der Waals surface area contributed by atoms with Crippen LogP contribution >= 0.6 is 24.0 Å². The number of rotatable bonds is 5. The van der Waals surface area contributed by atoms with Gasteiger partial charge in [-0.05, 0) is 51.2 Å². The maximum absolute atomic E-state index is 12.4. The molecule has 0 aromatic carbocycles. The van der Waals surface area contributed by atoms with E-state index in [9.17, 15) is 4.79 Å². The van der Waals surface area contributed by atoms with Crippen molar-refractivity contribution in [2.24, 2.45) is 10.9 Å². The van der Waals surface area contributed by atoms with Gasteiger partial charge in [-0.15, -0.1) is 24.0 Å². The molecule has 0 radical (unpaired) electrons. The lowest BCUT2D eigenvalue weighted by Gasteiger charge is -2.30. The maximum Gasteiger partial charge on any atom is 0.223 e. The smallest absolute Gasteiger partial charge is 0.223 e. The molecule has 4 rings (SSSR count). The summed E-state index contributed by atoms with van der Waals surface area (Å²) < 4.78 is 2.09. The Hall–Kier alpha value is -1.84. The summed E-state index contributed by atoms with van der Waals surface area (Å²) in [4.78, 5) is 21.4. The van der Waals surface area contributed by atoms with Crippen LogP contribution in [-0.2, 0) is 11.3 Å². The number of guanidine groups is 1. The van der Waals surface area contributed by atoms with Gasteiger partial charge < -0.3 is 20.4 Å². The number of imidazole rings is 1. The Labute approximate surface area is 189 Å². The number of nitrogens with one attached hydrogen (secondary N) is 3. The summed E-state index contributed by atoms with van der Waals surface area (Å²) in [5, 5.41) is 10.0. The highest BCUT2D eigenvalue weighted by Gasteiger charge is 2.31. The second-order valence-corrected chi connectivity index (χ2v) is 8.04. The van der Waals surface area contributed by atoms with E-state index in [-0.39, 0.29) is 41.8 Å². The van der Waals surface area contributed by atoms with E-state index in [4.69, 9.17) is 0 Å². The third-order valence-corrected chi connectivity index (χ3v) is 5.72. The minimum absolute atomic E-state index is 0. The molecule has 2 heterocycles. The minimum atomic E-state index is 0. The number of hydrogen-bond acceptors (Lipinski definition) is 3. The molecule has 3 N–H and O–H groups in total. The fourth-order valence-electron chi connectivity index (χ4n) is 3.95. The van der Waals surface area contributed by atoms with Gasteiger partial charge in [0.15, 0.2) is 5.96 Å². The Morgan fingerprint density at radius 1 is 1.21 bits per heavy atom. The third-order valence-electron chi connectivity index (χ3n) is 5.72. The summed E-state index contributed by atoms with van der Waals surface area (Å²) in [6, 6.07) is 6.82. The zero-order chi connectivity index (χ0) is 19.5. The molecule has 158 valence electrons. The molecule has 29 heavy (non-hydrogen) atoms. The van der Waals surface area contributed by atoms with Crippen molar-refractivity contribution in [1.82, 2.24) is 25.3 Å². The molecule has 2 aromatic rings. The second-order valence-electron chi connectivity index (χ2n) is 8.04. The number of carbonyl (C=O) groups is 1. The molecule has 2 aliphatic carbocycles. The molecule has 7 nitrogen and oxygen atoms in total. The van der Waals surface area contributed by atoms with Gasteiger partial charge in [0.1, 0.15) is 5.65 Å². The molecule has 8 heteroatoms. The number of fused-ring (bicyclic) bond motifs is 1. The van der Waals surface area contributed by atoms with Gasteiger partial charge in [-0.1, -0.05) is 12.5 Å². The van der Waals surface area contributed by atoms with Gasteiger partial charge in [0.05, 0.1) is 12.2 Å². The largest absolute Gasteiger partial charge is 0.354 e. The Kier molecular flexibility index (Phi) is 7.37. The van der Waals surface area contributed by atoms with Crippen LogP contribution in [0.1, 0.15) is 49.9 Å². The molecular formula is C21H31IN6O. The molecule has 1 amide bonds. The normalized spacial score (nSPS) is 22.1. The fraction of sp³-hybridized carbons (Fsp3) is 0.571. The van der Waals surface area contributed by atoms with Gasteiger partial charge in [-0.25, -0.2) is 4.98 Å². The molecule has 2 saturated carbocycles. The molecule has 2 aromatic heterocycles. The maximum atomic E-state index is 12.4. The van der Waals surface area contributed by atoms with Crippen LogP contribution in [0.5, 0.6) is 0 Å². The van der Waals surface area contributed by atoms with E-state index < -0.39 is 0 Å². The number of halogens is 1. The van der Waals surface area contributed by atoms with Crippen molar-refractivity contribution in [3.8, 4) is 0 Å². The lowest BCUT2D eigenvalue weighted by atomic mass is 9.85. The zero-order valence-electron chi connectivity index (χ0n) is 17.1. The van der Waals surface area contributed by atoms with Crippen LogP contribution < -0.4 is 16.0 Å². The van der Waals surface area contributed by atoms with Crippen LogP contribution in [0.25, 0.3) is 5.65 Å². The van der Waals surface area contributed by atoms with E-state index in [1.165, 1.54) is 0 Å². The molecule has 2 unspecified atom stereocenters. The fourth-order valence-corrected chi connectivity index (χ4v) is 3.95. The Morgan fingerprint density at radius 3 is 2.76 bits per heavy atom. The topological polar surface area (TPSA) is 82.8 Å². The van der Waals surface area contributed by atoms with Gasteiger partial charge in [-0.3, -0.25) is 9.79 Å². The number of aliphatic imine (C=N–C) groups is 1. The summed E-state index contributed by atoms with van der Waals surface area (Å²) in [6.45, 7) is 2.68. The average molecular weight is 510 g/mol. The highest BCUT2D eigenvalue weighted by Crippen LogP contribution is 2.26. The quantitative estimate of drug-likeness (QED) is 0.328. The number of pyridine rings is 1. The van der Waals surface area contributed by atoms with Gasteiger partial charge in [0.2, 0.25) is 5.91 Å². The zero-order valence-corrected chi connectivity index (χ0v) is 19.5. The summed E-state index contributed by atoms with van der Waals surface area (Å²) in [5.41, 5.74) is 3.09. The number of nitrogens with zero attached hydrogens (tertiary/aromatic N) is 3. The number of aryl methyl sites for hydroxylation is 1. The van der Waals surface area contributed by atoms with Crippen molar-refractivity contribution in [3.05, 3.63) is 35.8 Å². The predicted molar refractivity (Wildman–Crippen MR) is 126 cm³/mol. The van der Waals surface area contributed by atoms with Crippen LogP contribution in [-0.4, -0.2) is 40.4 Å². The summed E-state index contributed by atoms with van der Waals surface area (Å²) in [7, 11) is 1.78. The summed E-state index contributed by atoms with van der Waals surface area (Å²) in [6.07, 6.45) is 8.34. The number of hydrogen-bond donors (Lipinski definition) is 3. The van der Waals surface area contributed by atoms with Crippen molar-refractivity contribution in [2.75, 3.05) is 7.05 Å². The van der Waals surface area contributed by atoms with E-state index in [1.807, 2.05) is 12.1 Å². The van der Waals surface area contributed by atoms with E-state index in [2.05, 4.69) is 49.5 Å². The van der Waals surface area contributed by atoms with E-state index in [0.717, 1.165) is 61.5 Å². The monoisotopic (exact) mass is 510 g/mol. The van der Waals surface area contributed by atoms with Crippen LogP contribution in [0.4, 0.5) is 0 Å². The molecule has 2 atom stereocenters. The lowest BCUT2D eigenvalue weighted by molar-refractivity contribution is -0.126. The SMILES string of the molecule is CN=C(NCc1cn2c(C)cccc2n1)NC1CCCC(C(=O)NC2CC2)C1.I. The van der Waals surface area contributed by atoms with E-state index >= 15 is 0 Å². The van der Waals surface area contributed by atoms with Crippen molar-refractivity contribution in [3.63, 3.8) is 0 Å². The minimum Gasteiger partial charge on any atom is -0.354 e. The van der Waals surface area contributed by atoms with Crippen LogP contribution in [0.2, 0.25) is 0 Å². The van der Waals surface area contributed by atoms with E-state index in [1.54, 1.807) is 7.05 Å². The molecule has 0 saturated heterocycles. The number of aromatic nitrogens is 2. The number of amides is 1. The van der Waals surface area contributed by atoms with Crippen molar-refractivity contribution < 1.29 is 4.79 Å². The second kappa shape index (κ2) is 9.77. The van der Waals surface area contributed by atoms with Crippen molar-refractivity contribution >= 4 is 41.5 Å². The van der Waals surface area contributed by atoms with Crippen LogP contribution in [0, 0.1) is 12.8 Å². The Balaban J connectivity index is 0.00000240. The molecule has 2 fully saturated rings. The van der Waals surface area contributed by atoms with Gasteiger partial charge in [0, 0.05) is 36.9 Å². The first kappa shape index (κ1) is 21.9. The van der Waals surface area contributed by atoms with Crippen molar-refractivity contribution in [2.45, 2.75) is 64.1 Å². The van der Waals surface area contributed by atoms with E-state index in [0.29, 0.717) is 12.6 Å². The average Bonchev–Trinajstić information content (AvgIpc) is 3.41. The standard InChI is InChI=1S/C21H30N6O.HI/c1-14-5-3-8-19-24-18(13-27(14)19)12-23-21(22-2)26-17-7-4-6-15(11-17)20(28)25-16-9-10-16;/h3,5,8,13,15-17H,4,6-7,9-12H2,1-2H3,(H,25,28)(H2,22,23,26);1H. The summed E-state index contributed by atoms with van der Waals surface area (Å²) >= 11 is 0. The van der Waals surface area contributed by atoms with Crippen molar-refractivity contribution in [1.29, 1.82) is 0 Å². The molecular weight excluding hydrogens is 479 g/mol. The Morgan fingerprint density at radius 2 is 2.03 bits per heavy atom. The first-order valence-electron chi connectivity index (χ1n) is 10.3. The predicted octanol–water partition coefficient (Wildman–Crippen LogP) is 2.76. The highest BCUT2D eigenvalue weighted by molar-refractivity contribution is 14.0. The molecule has 0 aliphatic heterocycles. The van der Waals surface area contributed by atoms with Crippen LogP contribution in [0.3, 0.4) is 0 Å². The van der Waals surface area contributed by atoms with Gasteiger partial charge >= 0.3 is 0 Å². The Bertz CT molecular complexity index is 875. The van der Waals surface area contributed by atoms with Crippen LogP contribution in [0.15, 0.2) is 29.4 Å². The molecule has 2 aliphatic rings. The third kappa shape index (κ3) is 5.61. The molecule has 0 spiro atoms. The first-order valence-corrected chi connectivity index (χ1v) is 10.3.